The van der Waals surface area contributed by atoms with Gasteiger partial charge in [0.1, 0.15) is 6.54 Å². The number of nitrogens with zero attached hydrogens (tertiary/aromatic N) is 4. The summed E-state index contributed by atoms with van der Waals surface area (Å²) < 4.78 is 2.02. The van der Waals surface area contributed by atoms with E-state index in [1.807, 2.05) is 65.2 Å². The van der Waals surface area contributed by atoms with Gasteiger partial charge in [-0.15, -0.1) is 0 Å². The molecular weight excluding hydrogens is 340 g/mol. The SMILES string of the molecule is CN(C)C(=O)N(CC(=O)N(Cc1ccccc1)Cc1cccn1C)C1CC1. The fourth-order valence-electron chi connectivity index (χ4n) is 3.13. The van der Waals surface area contributed by atoms with E-state index in [0.29, 0.717) is 13.1 Å². The third-order valence-electron chi connectivity index (χ3n) is 4.89. The quantitative estimate of drug-likeness (QED) is 0.754. The minimum absolute atomic E-state index is 0.0258. The van der Waals surface area contributed by atoms with E-state index in [-0.39, 0.29) is 24.5 Å². The minimum atomic E-state index is -0.0932. The second-order valence-corrected chi connectivity index (χ2v) is 7.38. The third kappa shape index (κ3) is 4.90. The van der Waals surface area contributed by atoms with Crippen LogP contribution in [-0.2, 0) is 24.9 Å². The molecule has 0 unspecified atom stereocenters. The number of rotatable bonds is 7. The van der Waals surface area contributed by atoms with E-state index in [9.17, 15) is 9.59 Å². The first-order valence-electron chi connectivity index (χ1n) is 9.35. The zero-order valence-electron chi connectivity index (χ0n) is 16.3. The van der Waals surface area contributed by atoms with Crippen molar-refractivity contribution in [3.63, 3.8) is 0 Å². The largest absolute Gasteiger partial charge is 0.353 e. The Morgan fingerprint density at radius 1 is 1.04 bits per heavy atom. The molecule has 6 heteroatoms. The fraction of sp³-hybridized carbons (Fsp3) is 0.429. The molecule has 0 radical (unpaired) electrons. The van der Waals surface area contributed by atoms with E-state index in [1.54, 1.807) is 23.9 Å². The Hall–Kier alpha value is -2.76. The lowest BCUT2D eigenvalue weighted by molar-refractivity contribution is -0.133. The van der Waals surface area contributed by atoms with Gasteiger partial charge in [-0.25, -0.2) is 4.79 Å². The summed E-state index contributed by atoms with van der Waals surface area (Å²) in [5, 5.41) is 0. The molecule has 0 bridgehead atoms. The summed E-state index contributed by atoms with van der Waals surface area (Å²) in [5.41, 5.74) is 2.15. The molecule has 144 valence electrons. The second kappa shape index (κ2) is 8.29. The summed E-state index contributed by atoms with van der Waals surface area (Å²) in [6, 6.07) is 14.1. The summed E-state index contributed by atoms with van der Waals surface area (Å²) in [7, 11) is 5.44. The highest BCUT2D eigenvalue weighted by atomic mass is 16.2. The summed E-state index contributed by atoms with van der Waals surface area (Å²) in [6.45, 7) is 1.17. The minimum Gasteiger partial charge on any atom is -0.353 e. The lowest BCUT2D eigenvalue weighted by Crippen LogP contribution is -2.47. The molecule has 0 N–H and O–H groups in total. The number of carbonyl (C=O) groups excluding carboxylic acids is 2. The van der Waals surface area contributed by atoms with E-state index in [0.717, 1.165) is 24.1 Å². The summed E-state index contributed by atoms with van der Waals surface area (Å²) in [5.74, 6) is -0.0258. The Labute approximate surface area is 161 Å². The van der Waals surface area contributed by atoms with Gasteiger partial charge >= 0.3 is 6.03 Å². The Morgan fingerprint density at radius 3 is 2.30 bits per heavy atom. The molecule has 0 aliphatic heterocycles. The van der Waals surface area contributed by atoms with Gasteiger partial charge in [-0.2, -0.15) is 0 Å². The van der Waals surface area contributed by atoms with Gasteiger partial charge in [0, 0.05) is 45.6 Å². The van der Waals surface area contributed by atoms with Crippen molar-refractivity contribution in [3.8, 4) is 0 Å². The topological polar surface area (TPSA) is 48.8 Å². The molecule has 1 fully saturated rings. The van der Waals surface area contributed by atoms with Crippen molar-refractivity contribution in [1.29, 1.82) is 0 Å². The maximum absolute atomic E-state index is 13.2. The van der Waals surface area contributed by atoms with Gasteiger partial charge in [0.25, 0.3) is 0 Å². The molecular formula is C21H28N4O2. The average Bonchev–Trinajstić information content (AvgIpc) is 3.42. The van der Waals surface area contributed by atoms with E-state index in [1.165, 1.54) is 0 Å². The average molecular weight is 368 g/mol. The van der Waals surface area contributed by atoms with Crippen molar-refractivity contribution < 1.29 is 9.59 Å². The first-order chi connectivity index (χ1) is 13.0. The number of hydrogen-bond donors (Lipinski definition) is 0. The van der Waals surface area contributed by atoms with E-state index in [4.69, 9.17) is 0 Å². The smallest absolute Gasteiger partial charge is 0.320 e. The number of benzene rings is 1. The van der Waals surface area contributed by atoms with Gasteiger partial charge in [-0.3, -0.25) is 4.79 Å². The van der Waals surface area contributed by atoms with Crippen LogP contribution >= 0.6 is 0 Å². The Bertz CT molecular complexity index is 780. The van der Waals surface area contributed by atoms with E-state index < -0.39 is 0 Å². The molecule has 3 amide bonds. The molecule has 1 saturated carbocycles. The van der Waals surface area contributed by atoms with Crippen LogP contribution in [0, 0.1) is 0 Å². The van der Waals surface area contributed by atoms with Crippen LogP contribution in [0.1, 0.15) is 24.1 Å². The van der Waals surface area contributed by atoms with Crippen LogP contribution in [0.3, 0.4) is 0 Å². The molecule has 3 rings (SSSR count). The number of carbonyl (C=O) groups is 2. The van der Waals surface area contributed by atoms with Crippen LogP contribution in [0.2, 0.25) is 0 Å². The van der Waals surface area contributed by atoms with Crippen LogP contribution in [0.5, 0.6) is 0 Å². The molecule has 1 heterocycles. The van der Waals surface area contributed by atoms with E-state index in [2.05, 4.69) is 0 Å². The van der Waals surface area contributed by atoms with Crippen molar-refractivity contribution >= 4 is 11.9 Å². The van der Waals surface area contributed by atoms with Crippen LogP contribution in [0.4, 0.5) is 4.79 Å². The highest BCUT2D eigenvalue weighted by Crippen LogP contribution is 2.27. The molecule has 1 aliphatic carbocycles. The van der Waals surface area contributed by atoms with Crippen LogP contribution in [0.25, 0.3) is 0 Å². The number of urea groups is 1. The highest BCUT2D eigenvalue weighted by Gasteiger charge is 2.35. The van der Waals surface area contributed by atoms with Crippen LogP contribution in [0.15, 0.2) is 48.7 Å². The molecule has 6 nitrogen and oxygen atoms in total. The van der Waals surface area contributed by atoms with E-state index >= 15 is 0 Å². The van der Waals surface area contributed by atoms with Gasteiger partial charge in [-0.05, 0) is 30.5 Å². The van der Waals surface area contributed by atoms with Crippen molar-refractivity contribution in [2.75, 3.05) is 20.6 Å². The predicted molar refractivity (Wildman–Crippen MR) is 105 cm³/mol. The first kappa shape index (κ1) is 19.0. The summed E-state index contributed by atoms with van der Waals surface area (Å²) >= 11 is 0. The molecule has 0 atom stereocenters. The van der Waals surface area contributed by atoms with Crippen molar-refractivity contribution in [2.45, 2.75) is 32.0 Å². The molecule has 0 saturated heterocycles. The highest BCUT2D eigenvalue weighted by molar-refractivity contribution is 5.84. The number of aryl methyl sites for hydroxylation is 1. The van der Waals surface area contributed by atoms with Gasteiger partial charge < -0.3 is 19.3 Å². The van der Waals surface area contributed by atoms with Gasteiger partial charge in [0.05, 0.1) is 6.54 Å². The Kier molecular flexibility index (Phi) is 5.84. The Morgan fingerprint density at radius 2 is 1.74 bits per heavy atom. The molecule has 0 spiro atoms. The van der Waals surface area contributed by atoms with Crippen LogP contribution in [-0.4, -0.2) is 57.9 Å². The standard InChI is InChI=1S/C21H28N4O2/c1-22(2)21(27)25(18-11-12-18)16-20(26)24(14-17-8-5-4-6-9-17)15-19-10-7-13-23(19)3/h4-10,13,18H,11-12,14-16H2,1-3H3. The van der Waals surface area contributed by atoms with Gasteiger partial charge in [0.15, 0.2) is 0 Å². The predicted octanol–water partition coefficient (Wildman–Crippen LogP) is 2.70. The molecule has 27 heavy (non-hydrogen) atoms. The lowest BCUT2D eigenvalue weighted by Gasteiger charge is -2.29. The molecule has 1 aromatic carbocycles. The maximum atomic E-state index is 13.2. The zero-order valence-corrected chi connectivity index (χ0v) is 16.3. The number of hydrogen-bond acceptors (Lipinski definition) is 2. The van der Waals surface area contributed by atoms with Gasteiger partial charge in [0.2, 0.25) is 5.91 Å². The molecule has 1 aliphatic rings. The Balaban J connectivity index is 1.77. The fourth-order valence-corrected chi connectivity index (χ4v) is 3.13. The summed E-state index contributed by atoms with van der Waals surface area (Å²) in [6.07, 6.45) is 3.93. The monoisotopic (exact) mass is 368 g/mol. The maximum Gasteiger partial charge on any atom is 0.320 e. The van der Waals surface area contributed by atoms with Gasteiger partial charge in [-0.1, -0.05) is 30.3 Å². The van der Waals surface area contributed by atoms with Crippen LogP contribution < -0.4 is 0 Å². The lowest BCUT2D eigenvalue weighted by atomic mass is 10.2. The first-order valence-corrected chi connectivity index (χ1v) is 9.35. The van der Waals surface area contributed by atoms with Crippen molar-refractivity contribution in [2.24, 2.45) is 7.05 Å². The number of amides is 3. The molecule has 1 aromatic heterocycles. The zero-order chi connectivity index (χ0) is 19.4. The van der Waals surface area contributed by atoms with Crippen molar-refractivity contribution in [3.05, 3.63) is 59.9 Å². The van der Waals surface area contributed by atoms with Crippen molar-refractivity contribution in [1.82, 2.24) is 19.3 Å². The summed E-state index contributed by atoms with van der Waals surface area (Å²) in [4.78, 5) is 30.7. The third-order valence-corrected chi connectivity index (χ3v) is 4.89. The second-order valence-electron chi connectivity index (χ2n) is 7.38. The normalized spacial score (nSPS) is 13.3. The number of aromatic nitrogens is 1. The molecule has 2 aromatic rings.